The van der Waals surface area contributed by atoms with Gasteiger partial charge in [0.15, 0.2) is 0 Å². The van der Waals surface area contributed by atoms with E-state index < -0.39 is 5.97 Å². The lowest BCUT2D eigenvalue weighted by molar-refractivity contribution is -0.136. The Balaban J connectivity index is 1.82. The number of hydrogen-bond donors (Lipinski definition) is 2. The molecule has 0 saturated carbocycles. The highest BCUT2D eigenvalue weighted by molar-refractivity contribution is 5.75. The molecular formula is C13H13FN4O3. The summed E-state index contributed by atoms with van der Waals surface area (Å²) in [5.74, 6) is -1.65. The van der Waals surface area contributed by atoms with Crippen LogP contribution in [0.15, 0.2) is 30.5 Å². The maximum atomic E-state index is 12.7. The van der Waals surface area contributed by atoms with E-state index in [9.17, 15) is 14.0 Å². The van der Waals surface area contributed by atoms with E-state index in [1.54, 1.807) is 12.1 Å². The molecule has 1 aromatic heterocycles. The molecule has 2 rings (SSSR count). The molecule has 21 heavy (non-hydrogen) atoms. The predicted octanol–water partition coefficient (Wildman–Crippen LogP) is 0.361. The number of hydrogen-bond acceptors (Lipinski definition) is 4. The lowest BCUT2D eigenvalue weighted by Crippen LogP contribution is -2.27. The zero-order chi connectivity index (χ0) is 15.2. The summed E-state index contributed by atoms with van der Waals surface area (Å²) >= 11 is 0. The van der Waals surface area contributed by atoms with Crippen molar-refractivity contribution in [2.75, 3.05) is 0 Å². The second-order valence-corrected chi connectivity index (χ2v) is 4.38. The molecule has 1 heterocycles. The summed E-state index contributed by atoms with van der Waals surface area (Å²) in [5.41, 5.74) is 1.06. The highest BCUT2D eigenvalue weighted by atomic mass is 19.1. The molecule has 0 atom stereocenters. The minimum absolute atomic E-state index is 0.0617. The number of benzene rings is 1. The third-order valence-electron chi connectivity index (χ3n) is 2.63. The fourth-order valence-electron chi connectivity index (χ4n) is 1.66. The minimum atomic E-state index is -1.01. The van der Waals surface area contributed by atoms with Crippen LogP contribution in [0.3, 0.4) is 0 Å². The zero-order valence-corrected chi connectivity index (χ0v) is 11.0. The van der Waals surface area contributed by atoms with Gasteiger partial charge in [0, 0.05) is 12.7 Å². The first-order valence-electron chi connectivity index (χ1n) is 6.15. The van der Waals surface area contributed by atoms with Gasteiger partial charge in [-0.1, -0.05) is 17.3 Å². The van der Waals surface area contributed by atoms with Crippen LogP contribution in [0, 0.1) is 5.82 Å². The largest absolute Gasteiger partial charge is 0.481 e. The van der Waals surface area contributed by atoms with Gasteiger partial charge >= 0.3 is 5.97 Å². The van der Waals surface area contributed by atoms with E-state index in [1.165, 1.54) is 23.0 Å². The maximum Gasteiger partial charge on any atom is 0.309 e. The van der Waals surface area contributed by atoms with Crippen LogP contribution in [0.4, 0.5) is 4.39 Å². The van der Waals surface area contributed by atoms with Crippen molar-refractivity contribution >= 4 is 11.9 Å². The van der Waals surface area contributed by atoms with Gasteiger partial charge in [-0.3, -0.25) is 9.59 Å². The number of carboxylic acids is 1. The number of rotatable bonds is 6. The van der Waals surface area contributed by atoms with E-state index in [2.05, 4.69) is 15.6 Å². The monoisotopic (exact) mass is 292 g/mol. The van der Waals surface area contributed by atoms with Crippen molar-refractivity contribution in [3.63, 3.8) is 0 Å². The summed E-state index contributed by atoms with van der Waals surface area (Å²) in [6.45, 7) is 0.212. The van der Waals surface area contributed by atoms with Gasteiger partial charge < -0.3 is 10.4 Å². The Morgan fingerprint density at radius 3 is 2.67 bits per heavy atom. The van der Waals surface area contributed by atoms with E-state index in [0.29, 0.717) is 0 Å². The van der Waals surface area contributed by atoms with Crippen LogP contribution in [0.2, 0.25) is 0 Å². The number of carbonyl (C=O) groups is 2. The summed E-state index contributed by atoms with van der Waals surface area (Å²) in [7, 11) is 0. The lowest BCUT2D eigenvalue weighted by Gasteiger charge is -2.05. The fourth-order valence-corrected chi connectivity index (χ4v) is 1.66. The average Bonchev–Trinajstić information content (AvgIpc) is 2.84. The van der Waals surface area contributed by atoms with Gasteiger partial charge in [-0.05, 0) is 17.7 Å². The fraction of sp³-hybridized carbons (Fsp3) is 0.231. The van der Waals surface area contributed by atoms with Gasteiger partial charge in [0.25, 0.3) is 0 Å². The summed E-state index contributed by atoms with van der Waals surface area (Å²) in [6, 6.07) is 5.79. The van der Waals surface area contributed by atoms with Crippen molar-refractivity contribution < 1.29 is 19.1 Å². The third-order valence-corrected chi connectivity index (χ3v) is 2.63. The first-order valence-corrected chi connectivity index (χ1v) is 6.15. The predicted molar refractivity (Wildman–Crippen MR) is 69.6 cm³/mol. The first kappa shape index (κ1) is 14.6. The number of nitrogens with one attached hydrogen (secondary N) is 1. The second kappa shape index (κ2) is 6.60. The second-order valence-electron chi connectivity index (χ2n) is 4.38. The Bertz CT molecular complexity index is 639. The Labute approximate surface area is 119 Å². The number of halogens is 1. The number of amides is 1. The van der Waals surface area contributed by atoms with Crippen LogP contribution < -0.4 is 5.32 Å². The molecule has 8 heteroatoms. The molecule has 0 spiro atoms. The lowest BCUT2D eigenvalue weighted by atomic mass is 10.2. The van der Waals surface area contributed by atoms with Gasteiger partial charge in [-0.15, -0.1) is 5.10 Å². The molecule has 0 aliphatic heterocycles. The molecule has 0 unspecified atom stereocenters. The molecule has 110 valence electrons. The first-order chi connectivity index (χ1) is 10.0. The quantitative estimate of drug-likeness (QED) is 0.801. The molecule has 0 radical (unpaired) electrons. The molecule has 2 N–H and O–H groups in total. The van der Waals surface area contributed by atoms with Crippen molar-refractivity contribution in [2.45, 2.75) is 19.5 Å². The Kier molecular flexibility index (Phi) is 4.60. The van der Waals surface area contributed by atoms with Gasteiger partial charge in [-0.2, -0.15) is 0 Å². The van der Waals surface area contributed by atoms with Crippen molar-refractivity contribution in [2.24, 2.45) is 0 Å². The number of aliphatic carboxylic acids is 1. The zero-order valence-electron chi connectivity index (χ0n) is 11.0. The number of carboxylic acid groups (broad SMARTS) is 1. The summed E-state index contributed by atoms with van der Waals surface area (Å²) < 4.78 is 14.0. The van der Waals surface area contributed by atoms with E-state index in [0.717, 1.165) is 5.56 Å². The van der Waals surface area contributed by atoms with Crippen molar-refractivity contribution in [3.05, 3.63) is 47.5 Å². The van der Waals surface area contributed by atoms with Crippen molar-refractivity contribution in [3.8, 4) is 0 Å². The molecule has 1 aromatic carbocycles. The van der Waals surface area contributed by atoms with Crippen LogP contribution in [0.5, 0.6) is 0 Å². The molecule has 0 saturated heterocycles. The van der Waals surface area contributed by atoms with Crippen molar-refractivity contribution in [1.29, 1.82) is 0 Å². The Morgan fingerprint density at radius 2 is 2.00 bits per heavy atom. The topological polar surface area (TPSA) is 97.1 Å². The van der Waals surface area contributed by atoms with Crippen molar-refractivity contribution in [1.82, 2.24) is 20.3 Å². The van der Waals surface area contributed by atoms with Crippen LogP contribution in [0.25, 0.3) is 0 Å². The number of aromatic nitrogens is 3. The molecule has 0 fully saturated rings. The van der Waals surface area contributed by atoms with Crippen LogP contribution in [0.1, 0.15) is 11.3 Å². The molecule has 7 nitrogen and oxygen atoms in total. The molecular weight excluding hydrogens is 279 g/mol. The third kappa shape index (κ3) is 4.68. The Hall–Kier alpha value is -2.77. The van der Waals surface area contributed by atoms with E-state index in [4.69, 9.17) is 5.11 Å². The molecule has 0 aliphatic carbocycles. The molecule has 0 bridgehead atoms. The summed E-state index contributed by atoms with van der Waals surface area (Å²) in [4.78, 5) is 22.2. The standard InChI is InChI=1S/C13H13FN4O3/c14-10-3-1-9(2-4-10)6-15-12(19)8-18-7-11(16-17-18)5-13(20)21/h1-4,7H,5-6,8H2,(H,15,19)(H,20,21). The van der Waals surface area contributed by atoms with Gasteiger partial charge in [0.1, 0.15) is 12.4 Å². The van der Waals surface area contributed by atoms with E-state index in [1.807, 2.05) is 0 Å². The van der Waals surface area contributed by atoms with Gasteiger partial charge in [-0.25, -0.2) is 9.07 Å². The summed E-state index contributed by atoms with van der Waals surface area (Å²) in [5, 5.41) is 18.6. The number of carbonyl (C=O) groups excluding carboxylic acids is 1. The SMILES string of the molecule is O=C(O)Cc1cn(CC(=O)NCc2ccc(F)cc2)nn1. The van der Waals surface area contributed by atoms with Gasteiger partial charge in [0.2, 0.25) is 5.91 Å². The smallest absolute Gasteiger partial charge is 0.309 e. The average molecular weight is 292 g/mol. The summed E-state index contributed by atoms with van der Waals surface area (Å²) in [6.07, 6.45) is 1.17. The Morgan fingerprint density at radius 1 is 1.29 bits per heavy atom. The number of nitrogens with zero attached hydrogens (tertiary/aromatic N) is 3. The van der Waals surface area contributed by atoms with E-state index in [-0.39, 0.29) is 36.9 Å². The molecule has 1 amide bonds. The highest BCUT2D eigenvalue weighted by Gasteiger charge is 2.08. The highest BCUT2D eigenvalue weighted by Crippen LogP contribution is 2.02. The molecule has 0 aliphatic rings. The normalized spacial score (nSPS) is 10.3. The molecule has 2 aromatic rings. The van der Waals surface area contributed by atoms with E-state index >= 15 is 0 Å². The van der Waals surface area contributed by atoms with Crippen LogP contribution >= 0.6 is 0 Å². The van der Waals surface area contributed by atoms with Crippen LogP contribution in [-0.4, -0.2) is 32.0 Å². The minimum Gasteiger partial charge on any atom is -0.481 e. The van der Waals surface area contributed by atoms with Gasteiger partial charge in [0.05, 0.1) is 12.1 Å². The van der Waals surface area contributed by atoms with Crippen LogP contribution in [-0.2, 0) is 29.1 Å². The maximum absolute atomic E-state index is 12.7.